The van der Waals surface area contributed by atoms with Gasteiger partial charge in [-0.1, -0.05) is 22.0 Å². The van der Waals surface area contributed by atoms with Gasteiger partial charge in [-0.3, -0.25) is 0 Å². The second-order valence-electron chi connectivity index (χ2n) is 3.35. The fourth-order valence-corrected chi connectivity index (χ4v) is 3.02. The molecule has 76 valence electrons. The van der Waals surface area contributed by atoms with E-state index >= 15 is 0 Å². The van der Waals surface area contributed by atoms with Gasteiger partial charge in [-0.25, -0.2) is 13.1 Å². The summed E-state index contributed by atoms with van der Waals surface area (Å²) in [5.74, 6) is 0. The van der Waals surface area contributed by atoms with Crippen molar-refractivity contribution in [3.8, 4) is 0 Å². The lowest BCUT2D eigenvalue weighted by molar-refractivity contribution is 0.581. The Morgan fingerprint density at radius 2 is 2.07 bits per heavy atom. The molecule has 5 heteroatoms. The molecule has 14 heavy (non-hydrogen) atoms. The number of hydrogen-bond acceptors (Lipinski definition) is 2. The molecule has 0 amide bonds. The molecule has 0 spiro atoms. The van der Waals surface area contributed by atoms with Crippen LogP contribution in [0.5, 0.6) is 0 Å². The number of rotatable bonds is 3. The van der Waals surface area contributed by atoms with Gasteiger partial charge >= 0.3 is 0 Å². The molecule has 0 heterocycles. The molecule has 2 rings (SSSR count). The highest BCUT2D eigenvalue weighted by atomic mass is 79.9. The van der Waals surface area contributed by atoms with Crippen LogP contribution in [0.2, 0.25) is 0 Å². The van der Waals surface area contributed by atoms with E-state index in [2.05, 4.69) is 20.7 Å². The standard InChI is InChI=1S/C9H10BrNO2S/c10-7-2-1-3-9(6-7)14(12,13)11-8-4-5-8/h1-3,6,8,11H,4-5H2. The second kappa shape index (κ2) is 3.64. The molecule has 0 radical (unpaired) electrons. The van der Waals surface area contributed by atoms with Crippen molar-refractivity contribution in [1.82, 2.24) is 4.72 Å². The third kappa shape index (κ3) is 2.34. The normalized spacial score (nSPS) is 16.9. The van der Waals surface area contributed by atoms with E-state index in [1.54, 1.807) is 24.3 Å². The van der Waals surface area contributed by atoms with Crippen molar-refractivity contribution in [3.05, 3.63) is 28.7 Å². The van der Waals surface area contributed by atoms with Crippen LogP contribution in [0.15, 0.2) is 33.6 Å². The highest BCUT2D eigenvalue weighted by Crippen LogP contribution is 2.23. The van der Waals surface area contributed by atoms with Gasteiger partial charge < -0.3 is 0 Å². The van der Waals surface area contributed by atoms with E-state index in [1.165, 1.54) is 0 Å². The smallest absolute Gasteiger partial charge is 0.208 e. The van der Waals surface area contributed by atoms with Crippen LogP contribution in [0.25, 0.3) is 0 Å². The highest BCUT2D eigenvalue weighted by molar-refractivity contribution is 9.10. The van der Waals surface area contributed by atoms with Crippen LogP contribution in [-0.2, 0) is 10.0 Å². The Bertz CT molecular complexity index is 440. The van der Waals surface area contributed by atoms with Gasteiger partial charge in [0.2, 0.25) is 10.0 Å². The summed E-state index contributed by atoms with van der Waals surface area (Å²) in [6, 6.07) is 6.86. The molecule has 3 nitrogen and oxygen atoms in total. The SMILES string of the molecule is O=S(=O)(NC1CC1)c1cccc(Br)c1. The molecule has 0 unspecified atom stereocenters. The lowest BCUT2D eigenvalue weighted by Crippen LogP contribution is -2.25. The first-order chi connectivity index (χ1) is 6.58. The fraction of sp³-hybridized carbons (Fsp3) is 0.333. The van der Waals surface area contributed by atoms with Crippen molar-refractivity contribution in [2.45, 2.75) is 23.8 Å². The first-order valence-corrected chi connectivity index (χ1v) is 6.63. The molecule has 0 aliphatic heterocycles. The zero-order chi connectivity index (χ0) is 10.2. The predicted octanol–water partition coefficient (Wildman–Crippen LogP) is 1.89. The molecule has 1 fully saturated rings. The minimum atomic E-state index is -3.30. The summed E-state index contributed by atoms with van der Waals surface area (Å²) in [4.78, 5) is 0.318. The van der Waals surface area contributed by atoms with E-state index in [0.717, 1.165) is 17.3 Å². The summed E-state index contributed by atoms with van der Waals surface area (Å²) in [7, 11) is -3.30. The van der Waals surface area contributed by atoms with Crippen LogP contribution in [0.3, 0.4) is 0 Å². The largest absolute Gasteiger partial charge is 0.240 e. The van der Waals surface area contributed by atoms with Gasteiger partial charge in [0.15, 0.2) is 0 Å². The highest BCUT2D eigenvalue weighted by Gasteiger charge is 2.27. The number of nitrogens with one attached hydrogen (secondary N) is 1. The topological polar surface area (TPSA) is 46.2 Å². The van der Waals surface area contributed by atoms with Crippen molar-refractivity contribution in [3.63, 3.8) is 0 Å². The van der Waals surface area contributed by atoms with Crippen molar-refractivity contribution in [1.29, 1.82) is 0 Å². The van der Waals surface area contributed by atoms with Gasteiger partial charge in [0.05, 0.1) is 4.90 Å². The van der Waals surface area contributed by atoms with Crippen LogP contribution < -0.4 is 4.72 Å². The first kappa shape index (κ1) is 10.1. The van der Waals surface area contributed by atoms with E-state index in [9.17, 15) is 8.42 Å². The van der Waals surface area contributed by atoms with Crippen molar-refractivity contribution in [2.75, 3.05) is 0 Å². The molecular weight excluding hydrogens is 266 g/mol. The van der Waals surface area contributed by atoms with Crippen LogP contribution >= 0.6 is 15.9 Å². The van der Waals surface area contributed by atoms with Crippen LogP contribution in [0.4, 0.5) is 0 Å². The maximum Gasteiger partial charge on any atom is 0.240 e. The Balaban J connectivity index is 2.28. The Hall–Kier alpha value is -0.390. The van der Waals surface area contributed by atoms with E-state index in [-0.39, 0.29) is 6.04 Å². The van der Waals surface area contributed by atoms with Gasteiger partial charge in [0.25, 0.3) is 0 Å². The molecule has 1 aliphatic rings. The van der Waals surface area contributed by atoms with Gasteiger partial charge in [-0.2, -0.15) is 0 Å². The zero-order valence-electron chi connectivity index (χ0n) is 7.40. The summed E-state index contributed by atoms with van der Waals surface area (Å²) in [5, 5.41) is 0. The second-order valence-corrected chi connectivity index (χ2v) is 5.98. The molecule has 1 aliphatic carbocycles. The molecule has 0 aromatic heterocycles. The summed E-state index contributed by atoms with van der Waals surface area (Å²) in [5.41, 5.74) is 0. The number of benzene rings is 1. The quantitative estimate of drug-likeness (QED) is 0.916. The molecule has 0 bridgehead atoms. The average Bonchev–Trinajstić information content (AvgIpc) is 2.87. The molecule has 0 saturated heterocycles. The Morgan fingerprint density at radius 3 is 2.64 bits per heavy atom. The third-order valence-corrected chi connectivity index (χ3v) is 4.02. The summed E-state index contributed by atoms with van der Waals surface area (Å²) < 4.78 is 26.8. The number of halogens is 1. The van der Waals surface area contributed by atoms with E-state index in [4.69, 9.17) is 0 Å². The van der Waals surface area contributed by atoms with E-state index in [0.29, 0.717) is 4.90 Å². The maximum atomic E-state index is 11.7. The van der Waals surface area contributed by atoms with Crippen LogP contribution in [-0.4, -0.2) is 14.5 Å². The van der Waals surface area contributed by atoms with Crippen LogP contribution in [0.1, 0.15) is 12.8 Å². The molecular formula is C9H10BrNO2S. The Labute approximate surface area is 91.7 Å². The van der Waals surface area contributed by atoms with Gasteiger partial charge in [0.1, 0.15) is 0 Å². The Morgan fingerprint density at radius 1 is 1.36 bits per heavy atom. The average molecular weight is 276 g/mol. The summed E-state index contributed by atoms with van der Waals surface area (Å²) in [6.45, 7) is 0. The van der Waals surface area contributed by atoms with Gasteiger partial charge in [0, 0.05) is 10.5 Å². The first-order valence-electron chi connectivity index (χ1n) is 4.36. The summed E-state index contributed by atoms with van der Waals surface area (Å²) in [6.07, 6.45) is 1.90. The Kier molecular flexibility index (Phi) is 2.64. The molecule has 1 aromatic carbocycles. The predicted molar refractivity (Wildman–Crippen MR) is 57.5 cm³/mol. The monoisotopic (exact) mass is 275 g/mol. The molecule has 1 saturated carbocycles. The summed E-state index contributed by atoms with van der Waals surface area (Å²) >= 11 is 3.24. The van der Waals surface area contributed by atoms with E-state index in [1.807, 2.05) is 0 Å². The fourth-order valence-electron chi connectivity index (χ4n) is 1.12. The maximum absolute atomic E-state index is 11.7. The van der Waals surface area contributed by atoms with E-state index < -0.39 is 10.0 Å². The number of hydrogen-bond donors (Lipinski definition) is 1. The van der Waals surface area contributed by atoms with Crippen molar-refractivity contribution < 1.29 is 8.42 Å². The minimum absolute atomic E-state index is 0.152. The van der Waals surface area contributed by atoms with Crippen molar-refractivity contribution in [2.24, 2.45) is 0 Å². The molecule has 1 N–H and O–H groups in total. The minimum Gasteiger partial charge on any atom is -0.208 e. The van der Waals surface area contributed by atoms with Crippen LogP contribution in [0, 0.1) is 0 Å². The van der Waals surface area contributed by atoms with Gasteiger partial charge in [-0.15, -0.1) is 0 Å². The molecule has 1 aromatic rings. The number of sulfonamides is 1. The third-order valence-electron chi connectivity index (χ3n) is 2.01. The van der Waals surface area contributed by atoms with Crippen molar-refractivity contribution >= 4 is 26.0 Å². The molecule has 0 atom stereocenters. The van der Waals surface area contributed by atoms with Gasteiger partial charge in [-0.05, 0) is 31.0 Å². The lowest BCUT2D eigenvalue weighted by atomic mass is 10.4. The lowest BCUT2D eigenvalue weighted by Gasteiger charge is -2.04. The zero-order valence-corrected chi connectivity index (χ0v) is 9.81.